The van der Waals surface area contributed by atoms with E-state index in [0.717, 1.165) is 23.1 Å². The topological polar surface area (TPSA) is 66.8 Å². The minimum atomic E-state index is -1.67. The largest absolute Gasteiger partial charge is 0.479 e. The monoisotopic (exact) mass is 463 g/mol. The summed E-state index contributed by atoms with van der Waals surface area (Å²) in [5, 5.41) is 10.3. The predicted octanol–water partition coefficient (Wildman–Crippen LogP) is 6.40. The van der Waals surface area contributed by atoms with Crippen LogP contribution < -0.4 is 4.90 Å². The van der Waals surface area contributed by atoms with Crippen LogP contribution in [0.3, 0.4) is 0 Å². The number of para-hydroxylation sites is 1. The maximum absolute atomic E-state index is 13.6. The summed E-state index contributed by atoms with van der Waals surface area (Å²) >= 11 is 0. The van der Waals surface area contributed by atoms with Gasteiger partial charge in [-0.15, -0.1) is 0 Å². The van der Waals surface area contributed by atoms with Crippen LogP contribution in [0.4, 0.5) is 10.5 Å². The van der Waals surface area contributed by atoms with Gasteiger partial charge in [-0.25, -0.2) is 9.59 Å². The molecule has 1 amide bonds. The third-order valence-corrected chi connectivity index (χ3v) is 6.70. The fraction of sp³-hybridized carbons (Fsp3) is 0.133. The standard InChI is InChI=1S/C30H25NO4/c1-30(28(32)33,23-13-4-2-5-14-23)31(24-15-6-3-7-16-24)29(34)35-20-22-12-10-18-26-25-17-9-8-11-21(25)19-27(22)26/h2-18H,19-20H2,1H3,(H,32,33)/t30-/m1/s1. The van der Waals surface area contributed by atoms with Crippen molar-refractivity contribution in [1.82, 2.24) is 0 Å². The zero-order chi connectivity index (χ0) is 24.4. The molecule has 0 unspecified atom stereocenters. The molecule has 4 aromatic carbocycles. The number of anilines is 1. The zero-order valence-corrected chi connectivity index (χ0v) is 19.3. The summed E-state index contributed by atoms with van der Waals surface area (Å²) in [6.07, 6.45) is 0.0523. The molecule has 0 spiro atoms. The van der Waals surface area contributed by atoms with E-state index in [1.165, 1.54) is 23.0 Å². The van der Waals surface area contributed by atoms with E-state index in [1.807, 2.05) is 36.4 Å². The average Bonchev–Trinajstić information content (AvgIpc) is 3.28. The van der Waals surface area contributed by atoms with Crippen LogP contribution in [0, 0.1) is 0 Å². The van der Waals surface area contributed by atoms with Crippen LogP contribution in [0.5, 0.6) is 0 Å². The highest BCUT2D eigenvalue weighted by Crippen LogP contribution is 2.39. The van der Waals surface area contributed by atoms with Crippen molar-refractivity contribution in [2.75, 3.05) is 4.90 Å². The molecule has 5 heteroatoms. The molecule has 0 saturated heterocycles. The number of carbonyl (C=O) groups excluding carboxylic acids is 1. The number of amides is 1. The molecule has 35 heavy (non-hydrogen) atoms. The molecule has 1 aliphatic rings. The van der Waals surface area contributed by atoms with E-state index < -0.39 is 17.6 Å². The van der Waals surface area contributed by atoms with E-state index in [0.29, 0.717) is 11.3 Å². The normalized spacial score (nSPS) is 13.3. The molecule has 0 heterocycles. The van der Waals surface area contributed by atoms with E-state index in [1.54, 1.807) is 48.5 Å². The van der Waals surface area contributed by atoms with Gasteiger partial charge in [-0.2, -0.15) is 0 Å². The highest BCUT2D eigenvalue weighted by Gasteiger charge is 2.46. The van der Waals surface area contributed by atoms with Crippen LogP contribution in [0.2, 0.25) is 0 Å². The Morgan fingerprint density at radius 2 is 1.46 bits per heavy atom. The summed E-state index contributed by atoms with van der Waals surface area (Å²) in [4.78, 5) is 27.5. The van der Waals surface area contributed by atoms with Crippen molar-refractivity contribution >= 4 is 17.7 Å². The molecule has 0 aromatic heterocycles. The number of benzene rings is 4. The first kappa shape index (κ1) is 22.4. The summed E-state index contributed by atoms with van der Waals surface area (Å²) in [6.45, 7) is 1.57. The van der Waals surface area contributed by atoms with Gasteiger partial charge in [0.25, 0.3) is 0 Å². The quantitative estimate of drug-likeness (QED) is 0.316. The van der Waals surface area contributed by atoms with Crippen LogP contribution in [0.1, 0.15) is 29.2 Å². The van der Waals surface area contributed by atoms with Crippen molar-refractivity contribution in [3.8, 4) is 11.1 Å². The Morgan fingerprint density at radius 1 is 0.829 bits per heavy atom. The highest BCUT2D eigenvalue weighted by molar-refractivity contribution is 5.98. The fourth-order valence-corrected chi connectivity index (χ4v) is 4.80. The van der Waals surface area contributed by atoms with Crippen molar-refractivity contribution in [3.05, 3.63) is 125 Å². The molecular weight excluding hydrogens is 438 g/mol. The Labute approximate surface area is 204 Å². The second kappa shape index (κ2) is 9.11. The minimum absolute atomic E-state index is 0.0455. The number of nitrogens with zero attached hydrogens (tertiary/aromatic N) is 1. The Balaban J connectivity index is 1.48. The van der Waals surface area contributed by atoms with Crippen LogP contribution in [0.25, 0.3) is 11.1 Å². The third-order valence-electron chi connectivity index (χ3n) is 6.70. The van der Waals surface area contributed by atoms with Crippen LogP contribution in [-0.2, 0) is 28.1 Å². The third kappa shape index (κ3) is 3.95. The number of ether oxygens (including phenoxy) is 1. The lowest BCUT2D eigenvalue weighted by Gasteiger charge is -2.37. The maximum atomic E-state index is 13.6. The lowest BCUT2D eigenvalue weighted by molar-refractivity contribution is -0.143. The van der Waals surface area contributed by atoms with Gasteiger partial charge in [0.1, 0.15) is 6.61 Å². The molecule has 1 aliphatic carbocycles. The van der Waals surface area contributed by atoms with Gasteiger partial charge >= 0.3 is 12.1 Å². The Bertz CT molecular complexity index is 1380. The summed E-state index contributed by atoms with van der Waals surface area (Å²) in [5.41, 5.74) is 4.89. The first-order valence-corrected chi connectivity index (χ1v) is 11.5. The SMILES string of the molecule is C[C@](C(=O)O)(c1ccccc1)N(C(=O)OCc1cccc2c1Cc1ccccc1-2)c1ccccc1. The van der Waals surface area contributed by atoms with Gasteiger partial charge in [-0.1, -0.05) is 91.0 Å². The number of hydrogen-bond acceptors (Lipinski definition) is 3. The maximum Gasteiger partial charge on any atom is 0.415 e. The summed E-state index contributed by atoms with van der Waals surface area (Å²) in [7, 11) is 0. The van der Waals surface area contributed by atoms with Gasteiger partial charge in [0, 0.05) is 5.69 Å². The molecule has 1 atom stereocenters. The van der Waals surface area contributed by atoms with Gasteiger partial charge in [0.05, 0.1) is 0 Å². The first-order valence-electron chi connectivity index (χ1n) is 11.5. The van der Waals surface area contributed by atoms with Gasteiger partial charge in [-0.05, 0) is 58.9 Å². The average molecular weight is 464 g/mol. The van der Waals surface area contributed by atoms with Crippen molar-refractivity contribution in [2.24, 2.45) is 0 Å². The zero-order valence-electron chi connectivity index (χ0n) is 19.3. The molecule has 5 nitrogen and oxygen atoms in total. The molecule has 5 rings (SSSR count). The van der Waals surface area contributed by atoms with Crippen LogP contribution in [0.15, 0.2) is 103 Å². The molecule has 0 aliphatic heterocycles. The van der Waals surface area contributed by atoms with Gasteiger partial charge in [0.2, 0.25) is 0 Å². The van der Waals surface area contributed by atoms with Gasteiger partial charge < -0.3 is 9.84 Å². The Kier molecular flexibility index (Phi) is 5.83. The van der Waals surface area contributed by atoms with E-state index in [-0.39, 0.29) is 6.61 Å². The number of aliphatic carboxylic acids is 1. The fourth-order valence-electron chi connectivity index (χ4n) is 4.80. The van der Waals surface area contributed by atoms with Crippen LogP contribution in [-0.4, -0.2) is 17.2 Å². The molecule has 4 aromatic rings. The van der Waals surface area contributed by atoms with E-state index in [4.69, 9.17) is 4.74 Å². The molecule has 0 bridgehead atoms. The van der Waals surface area contributed by atoms with Crippen LogP contribution >= 0.6 is 0 Å². The Hall–Kier alpha value is -4.38. The lowest BCUT2D eigenvalue weighted by Crippen LogP contribution is -2.53. The molecule has 0 radical (unpaired) electrons. The second-order valence-corrected chi connectivity index (χ2v) is 8.75. The van der Waals surface area contributed by atoms with E-state index >= 15 is 0 Å². The smallest absolute Gasteiger partial charge is 0.415 e. The molecule has 0 fully saturated rings. The minimum Gasteiger partial charge on any atom is -0.479 e. The number of fused-ring (bicyclic) bond motifs is 3. The number of carbonyl (C=O) groups is 2. The summed E-state index contributed by atoms with van der Waals surface area (Å²) in [6, 6.07) is 31.8. The number of rotatable bonds is 6. The number of hydrogen-bond donors (Lipinski definition) is 1. The van der Waals surface area contributed by atoms with E-state index in [2.05, 4.69) is 18.2 Å². The van der Waals surface area contributed by atoms with Crippen molar-refractivity contribution < 1.29 is 19.4 Å². The molecule has 0 saturated carbocycles. The molecule has 174 valence electrons. The van der Waals surface area contributed by atoms with Crippen molar-refractivity contribution in [2.45, 2.75) is 25.5 Å². The lowest BCUT2D eigenvalue weighted by atomic mass is 9.89. The second-order valence-electron chi connectivity index (χ2n) is 8.75. The van der Waals surface area contributed by atoms with Gasteiger partial charge in [-0.3, -0.25) is 4.90 Å². The van der Waals surface area contributed by atoms with Gasteiger partial charge in [0.15, 0.2) is 5.54 Å². The number of carboxylic acid groups (broad SMARTS) is 1. The molecule has 1 N–H and O–H groups in total. The predicted molar refractivity (Wildman–Crippen MR) is 135 cm³/mol. The number of carboxylic acids is 1. The summed E-state index contributed by atoms with van der Waals surface area (Å²) < 4.78 is 5.81. The van der Waals surface area contributed by atoms with E-state index in [9.17, 15) is 14.7 Å². The van der Waals surface area contributed by atoms with Crippen molar-refractivity contribution in [1.29, 1.82) is 0 Å². The highest BCUT2D eigenvalue weighted by atomic mass is 16.6. The summed E-state index contributed by atoms with van der Waals surface area (Å²) in [5.74, 6) is -1.15. The molecular formula is C30H25NO4. The van der Waals surface area contributed by atoms with Crippen molar-refractivity contribution in [3.63, 3.8) is 0 Å². The Morgan fingerprint density at radius 3 is 2.17 bits per heavy atom. The first-order chi connectivity index (χ1) is 17.0.